The van der Waals surface area contributed by atoms with Crippen molar-refractivity contribution in [1.29, 1.82) is 0 Å². The largest absolute Gasteiger partial charge is 0.285 e. The first-order valence-electron chi connectivity index (χ1n) is 6.10. The van der Waals surface area contributed by atoms with Crippen molar-refractivity contribution in [3.63, 3.8) is 0 Å². The number of fused-ring (bicyclic) bond motifs is 7. The Morgan fingerprint density at radius 1 is 1.19 bits per heavy atom. The molecular formula is C13H15N3. The highest BCUT2D eigenvalue weighted by Gasteiger charge is 2.41. The lowest BCUT2D eigenvalue weighted by molar-refractivity contribution is 0.686. The average molecular weight is 213 g/mol. The summed E-state index contributed by atoms with van der Waals surface area (Å²) < 4.78 is 2.28. The van der Waals surface area contributed by atoms with E-state index >= 15 is 0 Å². The van der Waals surface area contributed by atoms with Crippen molar-refractivity contribution >= 4 is 5.78 Å². The summed E-state index contributed by atoms with van der Waals surface area (Å²) in [5.74, 6) is 2.39. The minimum Gasteiger partial charge on any atom is -0.285 e. The number of aromatic nitrogens is 3. The summed E-state index contributed by atoms with van der Waals surface area (Å²) in [4.78, 5) is 9.30. The lowest BCUT2D eigenvalue weighted by Gasteiger charge is -2.11. The van der Waals surface area contributed by atoms with Crippen LogP contribution in [0.4, 0.5) is 0 Å². The summed E-state index contributed by atoms with van der Waals surface area (Å²) >= 11 is 0. The summed E-state index contributed by atoms with van der Waals surface area (Å²) in [6.45, 7) is 4.21. The molecule has 0 aliphatic heterocycles. The Morgan fingerprint density at radius 2 is 2.00 bits per heavy atom. The summed E-state index contributed by atoms with van der Waals surface area (Å²) in [5.41, 5.74) is 5.17. The van der Waals surface area contributed by atoms with Crippen LogP contribution in [0.25, 0.3) is 5.78 Å². The molecule has 0 radical (unpaired) electrons. The molecule has 0 amide bonds. The number of hydrogen-bond donors (Lipinski definition) is 0. The molecule has 0 N–H and O–H groups in total. The van der Waals surface area contributed by atoms with Gasteiger partial charge >= 0.3 is 0 Å². The fraction of sp³-hybridized carbons (Fsp3) is 0.538. The van der Waals surface area contributed by atoms with E-state index in [4.69, 9.17) is 4.98 Å². The molecule has 2 heterocycles. The summed E-state index contributed by atoms with van der Waals surface area (Å²) in [5, 5.41) is 0. The van der Waals surface area contributed by atoms with E-state index in [2.05, 4.69) is 22.4 Å². The number of aryl methyl sites for hydroxylation is 2. The average Bonchev–Trinajstić information content (AvgIpc) is 2.83. The highest BCUT2D eigenvalue weighted by molar-refractivity contribution is 5.45. The minimum atomic E-state index is 0.724. The van der Waals surface area contributed by atoms with Gasteiger partial charge < -0.3 is 0 Å². The Kier molecular flexibility index (Phi) is 1.45. The SMILES string of the molecule is Cc1cc(C)n2c3c(nc2n1)C1CCC3C1. The van der Waals surface area contributed by atoms with Gasteiger partial charge in [-0.15, -0.1) is 0 Å². The first-order chi connectivity index (χ1) is 7.74. The maximum atomic E-state index is 4.75. The summed E-state index contributed by atoms with van der Waals surface area (Å²) in [6, 6.07) is 2.15. The van der Waals surface area contributed by atoms with E-state index in [1.165, 1.54) is 36.3 Å². The molecular weight excluding hydrogens is 198 g/mol. The quantitative estimate of drug-likeness (QED) is 0.673. The van der Waals surface area contributed by atoms with Crippen LogP contribution in [0, 0.1) is 13.8 Å². The molecule has 2 unspecified atom stereocenters. The maximum Gasteiger partial charge on any atom is 0.234 e. The maximum absolute atomic E-state index is 4.75. The van der Waals surface area contributed by atoms with Crippen molar-refractivity contribution < 1.29 is 0 Å². The molecule has 0 saturated heterocycles. The van der Waals surface area contributed by atoms with Crippen LogP contribution in [0.5, 0.6) is 0 Å². The number of rotatable bonds is 0. The molecule has 3 nitrogen and oxygen atoms in total. The first-order valence-corrected chi connectivity index (χ1v) is 6.10. The zero-order valence-electron chi connectivity index (χ0n) is 9.70. The molecule has 2 atom stereocenters. The molecule has 16 heavy (non-hydrogen) atoms. The van der Waals surface area contributed by atoms with Crippen molar-refractivity contribution in [1.82, 2.24) is 14.4 Å². The van der Waals surface area contributed by atoms with Crippen molar-refractivity contribution in [2.75, 3.05) is 0 Å². The molecule has 0 aromatic carbocycles. The lowest BCUT2D eigenvalue weighted by atomic mass is 10.0. The highest BCUT2D eigenvalue weighted by Crippen LogP contribution is 2.52. The van der Waals surface area contributed by atoms with Gasteiger partial charge in [0.2, 0.25) is 5.78 Å². The first kappa shape index (κ1) is 8.74. The molecule has 2 aliphatic carbocycles. The highest BCUT2D eigenvalue weighted by atomic mass is 15.1. The van der Waals surface area contributed by atoms with Crippen LogP contribution in [0.3, 0.4) is 0 Å². The van der Waals surface area contributed by atoms with Gasteiger partial charge in [-0.25, -0.2) is 9.97 Å². The summed E-state index contributed by atoms with van der Waals surface area (Å²) in [6.07, 6.45) is 4.01. The minimum absolute atomic E-state index is 0.724. The lowest BCUT2D eigenvalue weighted by Crippen LogP contribution is -2.03. The van der Waals surface area contributed by atoms with Crippen LogP contribution in [0.1, 0.15) is 53.9 Å². The fourth-order valence-corrected chi connectivity index (χ4v) is 3.59. The second-order valence-electron chi connectivity index (χ2n) is 5.26. The Hall–Kier alpha value is -1.38. The van der Waals surface area contributed by atoms with Gasteiger partial charge in [0, 0.05) is 23.2 Å². The number of nitrogens with zero attached hydrogens (tertiary/aromatic N) is 3. The molecule has 4 rings (SSSR count). The third kappa shape index (κ3) is 0.896. The molecule has 2 bridgehead atoms. The van der Waals surface area contributed by atoms with E-state index in [1.807, 2.05) is 6.92 Å². The van der Waals surface area contributed by atoms with Crippen LogP contribution < -0.4 is 0 Å². The smallest absolute Gasteiger partial charge is 0.234 e. The molecule has 0 spiro atoms. The molecule has 82 valence electrons. The third-order valence-corrected chi connectivity index (χ3v) is 4.18. The van der Waals surface area contributed by atoms with Crippen molar-refractivity contribution in [3.05, 3.63) is 28.8 Å². The van der Waals surface area contributed by atoms with Crippen molar-refractivity contribution in [3.8, 4) is 0 Å². The molecule has 2 aliphatic rings. The Bertz CT molecular complexity index is 597. The normalized spacial score (nSPS) is 26.6. The fourth-order valence-electron chi connectivity index (χ4n) is 3.59. The molecule has 3 heteroatoms. The van der Waals surface area contributed by atoms with Gasteiger partial charge in [0.15, 0.2) is 0 Å². The van der Waals surface area contributed by atoms with Gasteiger partial charge in [-0.2, -0.15) is 0 Å². The van der Waals surface area contributed by atoms with Crippen molar-refractivity contribution in [2.24, 2.45) is 0 Å². The predicted octanol–water partition coefficient (Wildman–Crippen LogP) is 2.71. The van der Waals surface area contributed by atoms with E-state index in [0.29, 0.717) is 0 Å². The summed E-state index contributed by atoms with van der Waals surface area (Å²) in [7, 11) is 0. The van der Waals surface area contributed by atoms with E-state index in [9.17, 15) is 0 Å². The molecule has 2 aromatic rings. The number of hydrogen-bond acceptors (Lipinski definition) is 2. The molecule has 1 fully saturated rings. The second kappa shape index (κ2) is 2.65. The van der Waals surface area contributed by atoms with E-state index in [1.54, 1.807) is 0 Å². The van der Waals surface area contributed by atoms with Crippen LogP contribution in [0.15, 0.2) is 6.07 Å². The van der Waals surface area contributed by atoms with Gasteiger partial charge in [-0.3, -0.25) is 4.40 Å². The van der Waals surface area contributed by atoms with Gasteiger partial charge in [-0.05, 0) is 39.2 Å². The standard InChI is InChI=1S/C13H15N3/c1-7-5-8(2)16-12-10-4-3-9(6-10)11(12)15-13(16)14-7/h5,9-10H,3-4,6H2,1-2H3. The predicted molar refractivity (Wildman–Crippen MR) is 61.8 cm³/mol. The van der Waals surface area contributed by atoms with Gasteiger partial charge in [0.25, 0.3) is 0 Å². The van der Waals surface area contributed by atoms with E-state index in [0.717, 1.165) is 23.3 Å². The Balaban J connectivity index is 2.13. The molecule has 2 aromatic heterocycles. The number of imidazole rings is 1. The third-order valence-electron chi connectivity index (χ3n) is 4.18. The Labute approximate surface area is 94.5 Å². The second-order valence-corrected chi connectivity index (χ2v) is 5.26. The zero-order chi connectivity index (χ0) is 10.9. The van der Waals surface area contributed by atoms with Crippen LogP contribution in [-0.2, 0) is 0 Å². The van der Waals surface area contributed by atoms with Gasteiger partial charge in [-0.1, -0.05) is 0 Å². The van der Waals surface area contributed by atoms with Crippen LogP contribution >= 0.6 is 0 Å². The van der Waals surface area contributed by atoms with Crippen molar-refractivity contribution in [2.45, 2.75) is 44.9 Å². The topological polar surface area (TPSA) is 30.2 Å². The van der Waals surface area contributed by atoms with E-state index in [-0.39, 0.29) is 0 Å². The zero-order valence-corrected chi connectivity index (χ0v) is 9.70. The molecule has 1 saturated carbocycles. The van der Waals surface area contributed by atoms with Gasteiger partial charge in [0.1, 0.15) is 0 Å². The Morgan fingerprint density at radius 3 is 2.88 bits per heavy atom. The van der Waals surface area contributed by atoms with Crippen LogP contribution in [0.2, 0.25) is 0 Å². The van der Waals surface area contributed by atoms with E-state index < -0.39 is 0 Å². The monoisotopic (exact) mass is 213 g/mol. The van der Waals surface area contributed by atoms with Gasteiger partial charge in [0.05, 0.1) is 11.4 Å². The van der Waals surface area contributed by atoms with Crippen LogP contribution in [-0.4, -0.2) is 14.4 Å².